The number of para-hydroxylation sites is 1. The van der Waals surface area contributed by atoms with Gasteiger partial charge in [0.15, 0.2) is 0 Å². The van der Waals surface area contributed by atoms with Gasteiger partial charge in [0.05, 0.1) is 0 Å². The molecule has 2 rings (SSSR count). The highest BCUT2D eigenvalue weighted by Crippen LogP contribution is 2.27. The molecule has 0 aromatic heterocycles. The monoisotopic (exact) mass is 303 g/mol. The molecule has 0 aliphatic carbocycles. The van der Waals surface area contributed by atoms with Crippen LogP contribution in [-0.2, 0) is 4.79 Å². The molecule has 0 aliphatic heterocycles. The number of hydrogen-bond donors (Lipinski definition) is 0. The molecule has 0 fully saturated rings. The highest BCUT2D eigenvalue weighted by molar-refractivity contribution is 9.10. The molecular weight excluding hydrogens is 290 g/mol. The first-order chi connectivity index (χ1) is 8.72. The summed E-state index contributed by atoms with van der Waals surface area (Å²) in [5, 5.41) is 0. The second-order valence-corrected chi connectivity index (χ2v) is 4.81. The van der Waals surface area contributed by atoms with Gasteiger partial charge in [-0.05, 0) is 36.4 Å². The summed E-state index contributed by atoms with van der Waals surface area (Å²) in [6, 6.07) is 17.4. The Morgan fingerprint density at radius 2 is 1.56 bits per heavy atom. The van der Waals surface area contributed by atoms with Gasteiger partial charge >= 0.3 is 0 Å². The molecular formula is C15H14BrNO. The van der Waals surface area contributed by atoms with Crippen molar-refractivity contribution >= 4 is 33.2 Å². The summed E-state index contributed by atoms with van der Waals surface area (Å²) in [4.78, 5) is 13.9. The topological polar surface area (TPSA) is 20.3 Å². The molecule has 18 heavy (non-hydrogen) atoms. The van der Waals surface area contributed by atoms with E-state index in [-0.39, 0.29) is 5.91 Å². The summed E-state index contributed by atoms with van der Waals surface area (Å²) < 4.78 is 1.00. The Labute approximate surface area is 115 Å². The van der Waals surface area contributed by atoms with Gasteiger partial charge in [0.1, 0.15) is 0 Å². The summed E-state index contributed by atoms with van der Waals surface area (Å²) >= 11 is 3.40. The fraction of sp³-hybridized carbons (Fsp3) is 0.133. The van der Waals surface area contributed by atoms with Crippen LogP contribution >= 0.6 is 15.9 Å². The van der Waals surface area contributed by atoms with Crippen molar-refractivity contribution in [2.24, 2.45) is 0 Å². The molecule has 2 aromatic carbocycles. The summed E-state index contributed by atoms with van der Waals surface area (Å²) in [5.41, 5.74) is 1.78. The highest BCUT2D eigenvalue weighted by atomic mass is 79.9. The lowest BCUT2D eigenvalue weighted by Gasteiger charge is -2.22. The zero-order chi connectivity index (χ0) is 13.0. The Balaban J connectivity index is 2.43. The van der Waals surface area contributed by atoms with Crippen LogP contribution in [0.15, 0.2) is 59.1 Å². The Hall–Kier alpha value is -1.61. The van der Waals surface area contributed by atoms with Gasteiger partial charge in [-0.25, -0.2) is 0 Å². The molecule has 1 amide bonds. The van der Waals surface area contributed by atoms with Crippen LogP contribution < -0.4 is 4.90 Å². The Morgan fingerprint density at radius 3 is 2.11 bits per heavy atom. The van der Waals surface area contributed by atoms with E-state index in [1.54, 1.807) is 4.90 Å². The minimum Gasteiger partial charge on any atom is -0.281 e. The van der Waals surface area contributed by atoms with Crippen molar-refractivity contribution in [2.75, 3.05) is 4.90 Å². The van der Waals surface area contributed by atoms with Crippen LogP contribution in [0.1, 0.15) is 13.3 Å². The third kappa shape index (κ3) is 2.79. The van der Waals surface area contributed by atoms with E-state index in [2.05, 4.69) is 15.9 Å². The van der Waals surface area contributed by atoms with Gasteiger partial charge in [0.2, 0.25) is 5.91 Å². The van der Waals surface area contributed by atoms with Crippen LogP contribution in [0.3, 0.4) is 0 Å². The van der Waals surface area contributed by atoms with E-state index in [1.165, 1.54) is 0 Å². The number of anilines is 2. The molecule has 0 saturated heterocycles. The number of benzene rings is 2. The number of carbonyl (C=O) groups excluding carboxylic acids is 1. The van der Waals surface area contributed by atoms with E-state index in [1.807, 2.05) is 61.5 Å². The van der Waals surface area contributed by atoms with Crippen molar-refractivity contribution < 1.29 is 4.79 Å². The highest BCUT2D eigenvalue weighted by Gasteiger charge is 2.15. The van der Waals surface area contributed by atoms with Crippen molar-refractivity contribution in [1.82, 2.24) is 0 Å². The first kappa shape index (κ1) is 12.8. The van der Waals surface area contributed by atoms with Crippen molar-refractivity contribution in [3.63, 3.8) is 0 Å². The molecule has 2 aromatic rings. The maximum Gasteiger partial charge on any atom is 0.231 e. The maximum atomic E-state index is 12.1. The number of amides is 1. The first-order valence-corrected chi connectivity index (χ1v) is 6.65. The van der Waals surface area contributed by atoms with E-state index in [0.717, 1.165) is 15.8 Å². The van der Waals surface area contributed by atoms with Crippen LogP contribution in [0, 0.1) is 0 Å². The molecule has 0 N–H and O–H groups in total. The summed E-state index contributed by atoms with van der Waals surface area (Å²) in [6.07, 6.45) is 0.477. The predicted octanol–water partition coefficient (Wildman–Crippen LogP) is 4.52. The second-order valence-electron chi connectivity index (χ2n) is 3.89. The predicted molar refractivity (Wildman–Crippen MR) is 78.0 cm³/mol. The molecule has 0 bridgehead atoms. The molecule has 0 aliphatic rings. The maximum absolute atomic E-state index is 12.1. The zero-order valence-corrected chi connectivity index (χ0v) is 11.7. The molecule has 0 saturated carbocycles. The van der Waals surface area contributed by atoms with E-state index < -0.39 is 0 Å². The standard InChI is InChI=1S/C15H14BrNO/c1-2-15(18)17(13-6-4-3-5-7-13)14-10-8-12(16)9-11-14/h3-11H,2H2,1H3. The third-order valence-corrected chi connectivity index (χ3v) is 3.18. The molecule has 0 unspecified atom stereocenters. The quantitative estimate of drug-likeness (QED) is 0.816. The molecule has 3 heteroatoms. The molecule has 0 radical (unpaired) electrons. The lowest BCUT2D eigenvalue weighted by molar-refractivity contribution is -0.117. The van der Waals surface area contributed by atoms with Crippen LogP contribution in [0.2, 0.25) is 0 Å². The number of nitrogens with zero attached hydrogens (tertiary/aromatic N) is 1. The summed E-state index contributed by atoms with van der Waals surface area (Å²) in [5.74, 6) is 0.0866. The molecule has 92 valence electrons. The van der Waals surface area contributed by atoms with Gasteiger partial charge in [-0.15, -0.1) is 0 Å². The van der Waals surface area contributed by atoms with Gasteiger partial charge < -0.3 is 0 Å². The first-order valence-electron chi connectivity index (χ1n) is 5.86. The van der Waals surface area contributed by atoms with E-state index in [9.17, 15) is 4.79 Å². The average Bonchev–Trinajstić information content (AvgIpc) is 2.42. The minimum atomic E-state index is 0.0866. The average molecular weight is 304 g/mol. The Bertz CT molecular complexity index is 522. The number of carbonyl (C=O) groups is 1. The van der Waals surface area contributed by atoms with Crippen molar-refractivity contribution in [3.05, 3.63) is 59.1 Å². The Kier molecular flexibility index (Phi) is 4.15. The largest absolute Gasteiger partial charge is 0.281 e. The molecule has 0 atom stereocenters. The smallest absolute Gasteiger partial charge is 0.231 e. The number of rotatable bonds is 3. The minimum absolute atomic E-state index is 0.0866. The van der Waals surface area contributed by atoms with Gasteiger partial charge in [0.25, 0.3) is 0 Å². The fourth-order valence-electron chi connectivity index (χ4n) is 1.76. The second kappa shape index (κ2) is 5.83. The van der Waals surface area contributed by atoms with E-state index in [0.29, 0.717) is 6.42 Å². The fourth-order valence-corrected chi connectivity index (χ4v) is 2.03. The van der Waals surface area contributed by atoms with E-state index >= 15 is 0 Å². The van der Waals surface area contributed by atoms with Gasteiger partial charge in [-0.3, -0.25) is 9.69 Å². The summed E-state index contributed by atoms with van der Waals surface area (Å²) in [6.45, 7) is 1.87. The zero-order valence-electron chi connectivity index (χ0n) is 10.1. The number of halogens is 1. The lowest BCUT2D eigenvalue weighted by Crippen LogP contribution is -2.24. The normalized spacial score (nSPS) is 10.1. The van der Waals surface area contributed by atoms with E-state index in [4.69, 9.17) is 0 Å². The van der Waals surface area contributed by atoms with Gasteiger partial charge in [-0.1, -0.05) is 41.1 Å². The van der Waals surface area contributed by atoms with Crippen LogP contribution in [0.5, 0.6) is 0 Å². The van der Waals surface area contributed by atoms with Gasteiger partial charge in [-0.2, -0.15) is 0 Å². The molecule has 0 heterocycles. The van der Waals surface area contributed by atoms with Crippen LogP contribution in [0.4, 0.5) is 11.4 Å². The van der Waals surface area contributed by atoms with Crippen LogP contribution in [-0.4, -0.2) is 5.91 Å². The SMILES string of the molecule is CCC(=O)N(c1ccccc1)c1ccc(Br)cc1. The van der Waals surface area contributed by atoms with Crippen molar-refractivity contribution in [1.29, 1.82) is 0 Å². The molecule has 2 nitrogen and oxygen atoms in total. The lowest BCUT2D eigenvalue weighted by atomic mass is 10.2. The summed E-state index contributed by atoms with van der Waals surface area (Å²) in [7, 11) is 0. The van der Waals surface area contributed by atoms with Crippen molar-refractivity contribution in [2.45, 2.75) is 13.3 Å². The van der Waals surface area contributed by atoms with Gasteiger partial charge in [0, 0.05) is 22.3 Å². The third-order valence-electron chi connectivity index (χ3n) is 2.65. The van der Waals surface area contributed by atoms with Crippen LogP contribution in [0.25, 0.3) is 0 Å². The number of hydrogen-bond acceptors (Lipinski definition) is 1. The van der Waals surface area contributed by atoms with Crippen molar-refractivity contribution in [3.8, 4) is 0 Å². The molecule has 0 spiro atoms. The Morgan fingerprint density at radius 1 is 1.00 bits per heavy atom.